The first kappa shape index (κ1) is 11.9. The summed E-state index contributed by atoms with van der Waals surface area (Å²) in [7, 11) is 0. The lowest BCUT2D eigenvalue weighted by Crippen LogP contribution is -2.41. The van der Waals surface area contributed by atoms with Crippen molar-refractivity contribution in [3.8, 4) is 0 Å². The summed E-state index contributed by atoms with van der Waals surface area (Å²) in [5.41, 5.74) is 1.21. The number of rotatable bonds is 3. The van der Waals surface area contributed by atoms with E-state index >= 15 is 0 Å². The molecule has 2 nitrogen and oxygen atoms in total. The maximum Gasteiger partial charge on any atom is 0.0693 e. The Morgan fingerprint density at radius 2 is 1.88 bits per heavy atom. The van der Waals surface area contributed by atoms with Gasteiger partial charge >= 0.3 is 0 Å². The van der Waals surface area contributed by atoms with E-state index in [0.29, 0.717) is 0 Å². The number of hydrogen-bond acceptors (Lipinski definition) is 2. The third-order valence-electron chi connectivity index (χ3n) is 3.21. The largest absolute Gasteiger partial charge is 0.392 e. The van der Waals surface area contributed by atoms with E-state index in [4.69, 9.17) is 11.6 Å². The molecular weight excluding hydrogens is 222 g/mol. The molecule has 0 saturated heterocycles. The standard InChI is InChI=1S/C13H18ClNO/c14-11-7-5-10(6-8-11)9-15-12-3-1-2-4-13(12)16/h5-8,12-13,15-16H,1-4,9H2. The highest BCUT2D eigenvalue weighted by molar-refractivity contribution is 6.30. The molecule has 0 radical (unpaired) electrons. The Bertz CT molecular complexity index is 325. The van der Waals surface area contributed by atoms with E-state index in [9.17, 15) is 5.11 Å². The maximum atomic E-state index is 9.81. The van der Waals surface area contributed by atoms with Gasteiger partial charge in [0.2, 0.25) is 0 Å². The molecule has 1 aliphatic rings. The fourth-order valence-electron chi connectivity index (χ4n) is 2.20. The van der Waals surface area contributed by atoms with Gasteiger partial charge in [0.15, 0.2) is 0 Å². The van der Waals surface area contributed by atoms with Crippen molar-refractivity contribution in [2.75, 3.05) is 0 Å². The zero-order valence-corrected chi connectivity index (χ0v) is 10.1. The van der Waals surface area contributed by atoms with Crippen LogP contribution in [0.15, 0.2) is 24.3 Å². The maximum absolute atomic E-state index is 9.81. The quantitative estimate of drug-likeness (QED) is 0.850. The fourth-order valence-corrected chi connectivity index (χ4v) is 2.33. The summed E-state index contributed by atoms with van der Waals surface area (Å²) in [6, 6.07) is 8.09. The Labute approximate surface area is 102 Å². The van der Waals surface area contributed by atoms with Crippen LogP contribution in [0.3, 0.4) is 0 Å². The average Bonchev–Trinajstić information content (AvgIpc) is 2.30. The van der Waals surface area contributed by atoms with E-state index in [1.807, 2.05) is 24.3 Å². The van der Waals surface area contributed by atoms with Gasteiger partial charge in [-0.15, -0.1) is 0 Å². The minimum absolute atomic E-state index is 0.180. The molecule has 1 aliphatic carbocycles. The number of hydrogen-bond donors (Lipinski definition) is 2. The van der Waals surface area contributed by atoms with Crippen LogP contribution in [0.2, 0.25) is 5.02 Å². The molecule has 2 atom stereocenters. The number of halogens is 1. The summed E-state index contributed by atoms with van der Waals surface area (Å²) < 4.78 is 0. The molecular formula is C13H18ClNO. The lowest BCUT2D eigenvalue weighted by atomic mass is 9.92. The van der Waals surface area contributed by atoms with E-state index < -0.39 is 0 Å². The van der Waals surface area contributed by atoms with Crippen molar-refractivity contribution in [1.29, 1.82) is 0 Å². The Kier molecular flexibility index (Phi) is 4.22. The van der Waals surface area contributed by atoms with Gasteiger partial charge in [-0.25, -0.2) is 0 Å². The molecule has 0 spiro atoms. The van der Waals surface area contributed by atoms with Gasteiger partial charge in [0.05, 0.1) is 6.10 Å². The van der Waals surface area contributed by atoms with E-state index in [1.165, 1.54) is 12.0 Å². The molecule has 88 valence electrons. The van der Waals surface area contributed by atoms with Crippen molar-refractivity contribution in [2.45, 2.75) is 44.4 Å². The predicted octanol–water partition coefficient (Wildman–Crippen LogP) is 2.73. The monoisotopic (exact) mass is 239 g/mol. The van der Waals surface area contributed by atoms with Gasteiger partial charge < -0.3 is 10.4 Å². The minimum Gasteiger partial charge on any atom is -0.392 e. The summed E-state index contributed by atoms with van der Waals surface area (Å²) in [5.74, 6) is 0. The molecule has 0 amide bonds. The highest BCUT2D eigenvalue weighted by Gasteiger charge is 2.21. The molecule has 2 unspecified atom stereocenters. The molecule has 1 saturated carbocycles. The van der Waals surface area contributed by atoms with Crippen LogP contribution in [-0.2, 0) is 6.54 Å². The van der Waals surface area contributed by atoms with Crippen molar-refractivity contribution in [3.63, 3.8) is 0 Å². The first-order valence-corrected chi connectivity index (χ1v) is 6.29. The second kappa shape index (κ2) is 5.67. The number of aliphatic hydroxyl groups excluding tert-OH is 1. The molecule has 0 bridgehead atoms. The molecule has 1 aromatic carbocycles. The van der Waals surface area contributed by atoms with Crippen LogP contribution in [0.5, 0.6) is 0 Å². The number of nitrogens with one attached hydrogen (secondary N) is 1. The summed E-state index contributed by atoms with van der Waals surface area (Å²) in [5, 5.41) is 14.0. The molecule has 0 aromatic heterocycles. The molecule has 16 heavy (non-hydrogen) atoms. The van der Waals surface area contributed by atoms with Crippen LogP contribution in [0.1, 0.15) is 31.2 Å². The van der Waals surface area contributed by atoms with Crippen LogP contribution < -0.4 is 5.32 Å². The number of benzene rings is 1. The zero-order chi connectivity index (χ0) is 11.4. The first-order valence-electron chi connectivity index (χ1n) is 5.91. The summed E-state index contributed by atoms with van der Waals surface area (Å²) in [4.78, 5) is 0. The zero-order valence-electron chi connectivity index (χ0n) is 9.32. The Morgan fingerprint density at radius 3 is 2.56 bits per heavy atom. The van der Waals surface area contributed by atoms with Crippen LogP contribution in [0.25, 0.3) is 0 Å². The smallest absolute Gasteiger partial charge is 0.0693 e. The van der Waals surface area contributed by atoms with Crippen LogP contribution in [-0.4, -0.2) is 17.3 Å². The van der Waals surface area contributed by atoms with Gasteiger partial charge in [-0.2, -0.15) is 0 Å². The minimum atomic E-state index is -0.180. The van der Waals surface area contributed by atoms with Crippen LogP contribution in [0.4, 0.5) is 0 Å². The molecule has 2 rings (SSSR count). The van der Waals surface area contributed by atoms with Gasteiger partial charge in [-0.1, -0.05) is 36.6 Å². The van der Waals surface area contributed by atoms with Crippen LogP contribution >= 0.6 is 11.6 Å². The SMILES string of the molecule is OC1CCCCC1NCc1ccc(Cl)cc1. The van der Waals surface area contributed by atoms with E-state index in [2.05, 4.69) is 5.32 Å². The van der Waals surface area contributed by atoms with Crippen LogP contribution in [0, 0.1) is 0 Å². The molecule has 3 heteroatoms. The van der Waals surface area contributed by atoms with Gasteiger partial charge in [-0.3, -0.25) is 0 Å². The molecule has 0 heterocycles. The third-order valence-corrected chi connectivity index (χ3v) is 3.46. The lowest BCUT2D eigenvalue weighted by molar-refractivity contribution is 0.0902. The van der Waals surface area contributed by atoms with Crippen molar-refractivity contribution in [2.24, 2.45) is 0 Å². The van der Waals surface area contributed by atoms with E-state index in [1.54, 1.807) is 0 Å². The topological polar surface area (TPSA) is 32.3 Å². The Morgan fingerprint density at radius 1 is 1.19 bits per heavy atom. The Balaban J connectivity index is 1.84. The van der Waals surface area contributed by atoms with Gasteiger partial charge in [0, 0.05) is 17.6 Å². The van der Waals surface area contributed by atoms with Gasteiger partial charge in [-0.05, 0) is 30.5 Å². The average molecular weight is 240 g/mol. The lowest BCUT2D eigenvalue weighted by Gasteiger charge is -2.28. The van der Waals surface area contributed by atoms with Gasteiger partial charge in [0.25, 0.3) is 0 Å². The highest BCUT2D eigenvalue weighted by Crippen LogP contribution is 2.19. The summed E-state index contributed by atoms with van der Waals surface area (Å²) >= 11 is 5.82. The summed E-state index contributed by atoms with van der Waals surface area (Å²) in [6.07, 6.45) is 4.20. The Hall–Kier alpha value is -0.570. The highest BCUT2D eigenvalue weighted by atomic mass is 35.5. The van der Waals surface area contributed by atoms with Crippen molar-refractivity contribution in [3.05, 3.63) is 34.9 Å². The molecule has 2 N–H and O–H groups in total. The van der Waals surface area contributed by atoms with E-state index in [-0.39, 0.29) is 12.1 Å². The fraction of sp³-hybridized carbons (Fsp3) is 0.538. The number of aliphatic hydroxyl groups is 1. The molecule has 0 aliphatic heterocycles. The first-order chi connectivity index (χ1) is 7.75. The van der Waals surface area contributed by atoms with Gasteiger partial charge in [0.1, 0.15) is 0 Å². The van der Waals surface area contributed by atoms with E-state index in [0.717, 1.165) is 30.8 Å². The second-order valence-corrected chi connectivity index (χ2v) is 4.90. The molecule has 1 aromatic rings. The normalized spacial score (nSPS) is 25.6. The molecule has 1 fully saturated rings. The van der Waals surface area contributed by atoms with Crippen molar-refractivity contribution < 1.29 is 5.11 Å². The predicted molar refractivity (Wildman–Crippen MR) is 66.6 cm³/mol. The summed E-state index contributed by atoms with van der Waals surface area (Å²) in [6.45, 7) is 0.804. The second-order valence-electron chi connectivity index (χ2n) is 4.47. The third kappa shape index (κ3) is 3.21. The van der Waals surface area contributed by atoms with Crippen molar-refractivity contribution in [1.82, 2.24) is 5.32 Å². The van der Waals surface area contributed by atoms with Crippen molar-refractivity contribution >= 4 is 11.6 Å².